The first-order valence-corrected chi connectivity index (χ1v) is 9.76. The number of nitrogens with zero attached hydrogens (tertiary/aromatic N) is 4. The monoisotopic (exact) mass is 425 g/mol. The smallest absolute Gasteiger partial charge is 0.277 e. The molecule has 1 aliphatic rings. The largest absolute Gasteiger partial charge is 0.348 e. The van der Waals surface area contributed by atoms with Crippen molar-refractivity contribution in [3.63, 3.8) is 0 Å². The molecule has 30 heavy (non-hydrogen) atoms. The quantitative estimate of drug-likeness (QED) is 0.473. The van der Waals surface area contributed by atoms with E-state index >= 15 is 0 Å². The molecular formula is C19H15N5O5S. The Morgan fingerprint density at radius 3 is 2.40 bits per heavy atom. The number of aromatic nitrogens is 1. The normalized spacial score (nSPS) is 12.5. The van der Waals surface area contributed by atoms with Crippen molar-refractivity contribution in [3.05, 3.63) is 90.5 Å². The maximum Gasteiger partial charge on any atom is 0.277 e. The topological polar surface area (TPSA) is 132 Å². The number of rotatable bonds is 6. The number of amides is 1. The average Bonchev–Trinajstić information content (AvgIpc) is 3.40. The number of fused-ring (bicyclic) bond motifs is 1. The Bertz CT molecular complexity index is 1120. The lowest BCUT2D eigenvalue weighted by Gasteiger charge is -2.12. The molecule has 2 aromatic carbocycles. The van der Waals surface area contributed by atoms with Crippen molar-refractivity contribution in [3.8, 4) is 0 Å². The molecule has 0 fully saturated rings. The minimum atomic E-state index is -0.765. The summed E-state index contributed by atoms with van der Waals surface area (Å²) in [6, 6.07) is 8.78. The predicted octanol–water partition coefficient (Wildman–Crippen LogP) is 3.41. The Balaban J connectivity index is 1.46. The Morgan fingerprint density at radius 2 is 1.77 bits per heavy atom. The van der Waals surface area contributed by atoms with E-state index in [1.807, 2.05) is 23.6 Å². The number of hydrogen-bond acceptors (Lipinski definition) is 8. The van der Waals surface area contributed by atoms with Gasteiger partial charge in [-0.05, 0) is 16.7 Å². The third kappa shape index (κ3) is 3.96. The lowest BCUT2D eigenvalue weighted by Crippen LogP contribution is -2.23. The van der Waals surface area contributed by atoms with E-state index in [4.69, 9.17) is 0 Å². The zero-order valence-electron chi connectivity index (χ0n) is 15.5. The summed E-state index contributed by atoms with van der Waals surface area (Å²) in [4.78, 5) is 39.4. The van der Waals surface area contributed by atoms with Crippen LogP contribution in [-0.2, 0) is 19.6 Å². The van der Waals surface area contributed by atoms with Crippen LogP contribution in [0.15, 0.2) is 48.0 Å². The number of carbonyl (C=O) groups is 1. The van der Waals surface area contributed by atoms with Crippen LogP contribution in [0.3, 0.4) is 0 Å². The molecule has 11 heteroatoms. The molecule has 1 N–H and O–H groups in total. The van der Waals surface area contributed by atoms with Gasteiger partial charge in [0.15, 0.2) is 5.13 Å². The molecule has 10 nitrogen and oxygen atoms in total. The molecule has 3 aromatic rings. The minimum Gasteiger partial charge on any atom is -0.348 e. The molecule has 2 heterocycles. The highest BCUT2D eigenvalue weighted by molar-refractivity contribution is 7.13. The molecule has 0 unspecified atom stereocenters. The van der Waals surface area contributed by atoms with Crippen molar-refractivity contribution in [2.24, 2.45) is 0 Å². The Labute approximate surface area is 174 Å². The Hall–Kier alpha value is -3.86. The lowest BCUT2D eigenvalue weighted by atomic mass is 10.1. The molecule has 1 aromatic heterocycles. The fraction of sp³-hybridized carbons (Fsp3) is 0.158. The molecule has 1 amide bonds. The van der Waals surface area contributed by atoms with Crippen molar-refractivity contribution in [2.75, 3.05) is 4.90 Å². The number of nitro groups is 2. The summed E-state index contributed by atoms with van der Waals surface area (Å²) in [5, 5.41) is 27.5. The maximum absolute atomic E-state index is 12.4. The number of benzene rings is 2. The minimum absolute atomic E-state index is 0.132. The molecule has 0 radical (unpaired) electrons. The number of hydrogen-bond donors (Lipinski definition) is 1. The third-order valence-electron chi connectivity index (χ3n) is 4.72. The Kier molecular flexibility index (Phi) is 5.11. The van der Waals surface area contributed by atoms with Gasteiger partial charge in [-0.2, -0.15) is 0 Å². The molecule has 0 spiro atoms. The van der Waals surface area contributed by atoms with Gasteiger partial charge in [0.25, 0.3) is 17.3 Å². The van der Waals surface area contributed by atoms with E-state index in [9.17, 15) is 25.0 Å². The number of non-ortho nitro benzene ring substituents is 2. The standard InChI is InChI=1S/C19H15N5O5S/c25-18(14-6-16(23(26)27)8-17(7-14)24(28)29)21-9-12-1-2-13-10-22(11-15(13)5-12)19-20-3-4-30-19/h1-8H,9-11H2,(H,21,25). The molecule has 1 aliphatic heterocycles. The summed E-state index contributed by atoms with van der Waals surface area (Å²) < 4.78 is 0. The summed E-state index contributed by atoms with van der Waals surface area (Å²) in [5.74, 6) is -0.619. The molecule has 0 bridgehead atoms. The summed E-state index contributed by atoms with van der Waals surface area (Å²) >= 11 is 1.57. The molecule has 0 atom stereocenters. The van der Waals surface area contributed by atoms with Crippen molar-refractivity contribution in [1.29, 1.82) is 0 Å². The van der Waals surface area contributed by atoms with Crippen LogP contribution in [-0.4, -0.2) is 20.7 Å². The summed E-state index contributed by atoms with van der Waals surface area (Å²) in [6.45, 7) is 1.69. The molecule has 0 saturated heterocycles. The lowest BCUT2D eigenvalue weighted by molar-refractivity contribution is -0.394. The van der Waals surface area contributed by atoms with E-state index < -0.39 is 27.1 Å². The van der Waals surface area contributed by atoms with Crippen molar-refractivity contribution in [2.45, 2.75) is 19.6 Å². The van der Waals surface area contributed by atoms with Crippen LogP contribution >= 0.6 is 11.3 Å². The van der Waals surface area contributed by atoms with Gasteiger partial charge in [0.05, 0.1) is 21.5 Å². The van der Waals surface area contributed by atoms with Crippen molar-refractivity contribution in [1.82, 2.24) is 10.3 Å². The fourth-order valence-electron chi connectivity index (χ4n) is 3.29. The Morgan fingerprint density at radius 1 is 1.07 bits per heavy atom. The maximum atomic E-state index is 12.4. The SMILES string of the molecule is O=C(NCc1ccc2c(c1)CN(c1nccs1)C2)c1cc([N+](=O)[O-])cc([N+](=O)[O-])c1. The van der Waals surface area contributed by atoms with Gasteiger partial charge in [0.1, 0.15) is 0 Å². The van der Waals surface area contributed by atoms with Crippen LogP contribution in [0.5, 0.6) is 0 Å². The van der Waals surface area contributed by atoms with E-state index in [0.29, 0.717) is 0 Å². The summed E-state index contributed by atoms with van der Waals surface area (Å²) in [6.07, 6.45) is 1.77. The zero-order chi connectivity index (χ0) is 21.3. The molecular weight excluding hydrogens is 410 g/mol. The van der Waals surface area contributed by atoms with Crippen LogP contribution in [0, 0.1) is 20.2 Å². The first kappa shape index (κ1) is 19.5. The average molecular weight is 425 g/mol. The van der Waals surface area contributed by atoms with Crippen LogP contribution in [0.25, 0.3) is 0 Å². The van der Waals surface area contributed by atoms with Crippen LogP contribution in [0.2, 0.25) is 0 Å². The van der Waals surface area contributed by atoms with E-state index in [2.05, 4.69) is 15.2 Å². The first-order valence-electron chi connectivity index (χ1n) is 8.88. The van der Waals surface area contributed by atoms with Gasteiger partial charge >= 0.3 is 0 Å². The highest BCUT2D eigenvalue weighted by Gasteiger charge is 2.22. The van der Waals surface area contributed by atoms with Gasteiger partial charge in [-0.15, -0.1) is 11.3 Å². The number of thiazole rings is 1. The molecule has 152 valence electrons. The van der Waals surface area contributed by atoms with Crippen molar-refractivity contribution >= 4 is 33.8 Å². The van der Waals surface area contributed by atoms with E-state index in [1.54, 1.807) is 17.5 Å². The summed E-state index contributed by atoms with van der Waals surface area (Å²) in [7, 11) is 0. The zero-order valence-corrected chi connectivity index (χ0v) is 16.3. The number of nitrogens with one attached hydrogen (secondary N) is 1. The van der Waals surface area contributed by atoms with E-state index in [0.717, 1.165) is 47.5 Å². The number of anilines is 1. The van der Waals surface area contributed by atoms with Gasteiger partial charge < -0.3 is 10.2 Å². The van der Waals surface area contributed by atoms with Gasteiger partial charge in [-0.1, -0.05) is 18.2 Å². The third-order valence-corrected chi connectivity index (χ3v) is 5.55. The van der Waals surface area contributed by atoms with Gasteiger partial charge in [-0.25, -0.2) is 4.98 Å². The van der Waals surface area contributed by atoms with Gasteiger partial charge in [0, 0.05) is 43.3 Å². The highest BCUT2D eigenvalue weighted by atomic mass is 32.1. The van der Waals surface area contributed by atoms with Crippen LogP contribution in [0.4, 0.5) is 16.5 Å². The van der Waals surface area contributed by atoms with E-state index in [1.165, 1.54) is 5.56 Å². The number of nitro benzene ring substituents is 2. The number of carbonyl (C=O) groups excluding carboxylic acids is 1. The predicted molar refractivity (Wildman–Crippen MR) is 109 cm³/mol. The van der Waals surface area contributed by atoms with Gasteiger partial charge in [0.2, 0.25) is 0 Å². The van der Waals surface area contributed by atoms with Crippen LogP contribution in [0.1, 0.15) is 27.0 Å². The van der Waals surface area contributed by atoms with E-state index in [-0.39, 0.29) is 12.1 Å². The molecule has 0 aliphatic carbocycles. The molecule has 0 saturated carbocycles. The van der Waals surface area contributed by atoms with Gasteiger partial charge in [-0.3, -0.25) is 25.0 Å². The highest BCUT2D eigenvalue weighted by Crippen LogP contribution is 2.30. The molecule has 4 rings (SSSR count). The first-order chi connectivity index (χ1) is 14.4. The second-order valence-corrected chi connectivity index (χ2v) is 7.58. The van der Waals surface area contributed by atoms with Crippen molar-refractivity contribution < 1.29 is 14.6 Å². The fourth-order valence-corrected chi connectivity index (χ4v) is 3.93. The second-order valence-electron chi connectivity index (χ2n) is 6.71. The van der Waals surface area contributed by atoms with Crippen LogP contribution < -0.4 is 10.2 Å². The summed E-state index contributed by atoms with van der Waals surface area (Å²) in [5.41, 5.74) is 2.05. The second kappa shape index (κ2) is 7.87.